The molecule has 3 aromatic carbocycles. The number of ether oxygens (including phenoxy) is 3. The van der Waals surface area contributed by atoms with E-state index in [1.165, 1.54) is 38.9 Å². The summed E-state index contributed by atoms with van der Waals surface area (Å²) in [5, 5.41) is 8.76. The molecule has 3 rings (SSSR count). The van der Waals surface area contributed by atoms with Crippen molar-refractivity contribution in [1.82, 2.24) is 0 Å². The highest BCUT2D eigenvalue weighted by atomic mass is 16.5. The van der Waals surface area contributed by atoms with E-state index in [4.69, 9.17) is 19.3 Å². The number of aliphatic hydroxyl groups excluding tert-OH is 1. The average molecular weight is 585 g/mol. The van der Waals surface area contributed by atoms with E-state index < -0.39 is 11.9 Å². The lowest BCUT2D eigenvalue weighted by atomic mass is 9.90. The number of rotatable bonds is 17. The van der Waals surface area contributed by atoms with Gasteiger partial charge in [0.15, 0.2) is 0 Å². The van der Waals surface area contributed by atoms with Gasteiger partial charge < -0.3 is 19.3 Å². The number of hydrogen-bond acceptors (Lipinski definition) is 6. The van der Waals surface area contributed by atoms with Gasteiger partial charge in [-0.2, -0.15) is 0 Å². The van der Waals surface area contributed by atoms with E-state index in [1.54, 1.807) is 6.92 Å². The zero-order valence-electron chi connectivity index (χ0n) is 25.7. The molecular weight excluding hydrogens is 540 g/mol. The highest BCUT2D eigenvalue weighted by molar-refractivity contribution is 5.89. The van der Waals surface area contributed by atoms with Crippen LogP contribution in [0.5, 0.6) is 5.75 Å². The molecule has 0 heterocycles. The third kappa shape index (κ3) is 10.3. The molecule has 1 N–H and O–H groups in total. The second kappa shape index (κ2) is 17.2. The number of esters is 2. The molecule has 6 heteroatoms. The summed E-state index contributed by atoms with van der Waals surface area (Å²) >= 11 is 0. The Morgan fingerprint density at radius 1 is 0.767 bits per heavy atom. The quantitative estimate of drug-likeness (QED) is 0.0815. The molecule has 0 aromatic heterocycles. The van der Waals surface area contributed by atoms with Crippen LogP contribution in [0.1, 0.15) is 55.0 Å². The van der Waals surface area contributed by atoms with Gasteiger partial charge in [0, 0.05) is 5.57 Å². The fraction of sp³-hybridized carbons (Fsp3) is 0.351. The van der Waals surface area contributed by atoms with Gasteiger partial charge in [-0.3, -0.25) is 0 Å². The summed E-state index contributed by atoms with van der Waals surface area (Å²) in [7, 11) is 0. The Morgan fingerprint density at radius 2 is 1.49 bits per heavy atom. The van der Waals surface area contributed by atoms with Crippen LogP contribution < -0.4 is 4.74 Å². The van der Waals surface area contributed by atoms with Crippen molar-refractivity contribution >= 4 is 11.9 Å². The molecule has 0 spiro atoms. The van der Waals surface area contributed by atoms with E-state index >= 15 is 0 Å². The maximum atomic E-state index is 12.0. The SMILES string of the molecule is C=C(C)C(=O)Oc1ccc(CCc2ccc(-c3ccc(CCCOC(=O)C(=C)COCCO)cc3CC)cc2CC)cc1. The molecular formula is C37H44O6. The van der Waals surface area contributed by atoms with Crippen LogP contribution in [0, 0.1) is 0 Å². The van der Waals surface area contributed by atoms with Crippen LogP contribution in [0.4, 0.5) is 0 Å². The highest BCUT2D eigenvalue weighted by Crippen LogP contribution is 2.29. The van der Waals surface area contributed by atoms with Gasteiger partial charge in [-0.1, -0.05) is 75.5 Å². The van der Waals surface area contributed by atoms with Gasteiger partial charge in [-0.25, -0.2) is 9.59 Å². The first-order valence-corrected chi connectivity index (χ1v) is 15.0. The number of carbonyl (C=O) groups is 2. The maximum absolute atomic E-state index is 12.0. The van der Waals surface area contributed by atoms with Crippen molar-refractivity contribution in [3.05, 3.63) is 113 Å². The molecule has 0 aliphatic rings. The van der Waals surface area contributed by atoms with Gasteiger partial charge in [0.25, 0.3) is 0 Å². The first-order valence-electron chi connectivity index (χ1n) is 15.0. The zero-order chi connectivity index (χ0) is 31.2. The number of aryl methyl sites for hydroxylation is 5. The van der Waals surface area contributed by atoms with Gasteiger partial charge in [0.1, 0.15) is 5.75 Å². The van der Waals surface area contributed by atoms with Crippen molar-refractivity contribution in [2.75, 3.05) is 26.4 Å². The monoisotopic (exact) mass is 584 g/mol. The second-order valence-electron chi connectivity index (χ2n) is 10.6. The normalized spacial score (nSPS) is 10.8. The van der Waals surface area contributed by atoms with E-state index in [1.807, 2.05) is 24.3 Å². The molecule has 43 heavy (non-hydrogen) atoms. The predicted octanol–water partition coefficient (Wildman–Crippen LogP) is 6.79. The lowest BCUT2D eigenvalue weighted by Gasteiger charge is -2.15. The molecule has 0 unspecified atom stereocenters. The minimum absolute atomic E-state index is 0.0611. The Labute approximate surface area is 256 Å². The lowest BCUT2D eigenvalue weighted by Crippen LogP contribution is -2.14. The van der Waals surface area contributed by atoms with Gasteiger partial charge >= 0.3 is 11.9 Å². The summed E-state index contributed by atoms with van der Waals surface area (Å²) in [6.45, 7) is 13.8. The Morgan fingerprint density at radius 3 is 2.16 bits per heavy atom. The maximum Gasteiger partial charge on any atom is 0.338 e. The van der Waals surface area contributed by atoms with Gasteiger partial charge in [-0.05, 0) is 96.5 Å². The molecule has 0 aliphatic carbocycles. The average Bonchev–Trinajstić information content (AvgIpc) is 3.02. The van der Waals surface area contributed by atoms with Crippen LogP contribution >= 0.6 is 0 Å². The largest absolute Gasteiger partial charge is 0.462 e. The van der Waals surface area contributed by atoms with Crippen molar-refractivity contribution in [2.45, 2.75) is 59.3 Å². The number of aliphatic hydroxyl groups is 1. The number of hydrogen-bond donors (Lipinski definition) is 1. The molecule has 228 valence electrons. The van der Waals surface area contributed by atoms with Crippen molar-refractivity contribution < 1.29 is 28.9 Å². The lowest BCUT2D eigenvalue weighted by molar-refractivity contribution is -0.139. The van der Waals surface area contributed by atoms with E-state index in [2.05, 4.69) is 63.4 Å². The van der Waals surface area contributed by atoms with Gasteiger partial charge in [0.05, 0.1) is 32.0 Å². The fourth-order valence-electron chi connectivity index (χ4n) is 4.80. The number of benzene rings is 3. The van der Waals surface area contributed by atoms with Crippen molar-refractivity contribution in [3.63, 3.8) is 0 Å². The molecule has 0 amide bonds. The van der Waals surface area contributed by atoms with Crippen molar-refractivity contribution in [1.29, 1.82) is 0 Å². The fourth-order valence-corrected chi connectivity index (χ4v) is 4.80. The van der Waals surface area contributed by atoms with E-state index in [0.29, 0.717) is 17.9 Å². The van der Waals surface area contributed by atoms with Crippen LogP contribution in [0.15, 0.2) is 85.0 Å². The predicted molar refractivity (Wildman–Crippen MR) is 171 cm³/mol. The summed E-state index contributed by atoms with van der Waals surface area (Å²) in [5.74, 6) is -0.346. The van der Waals surface area contributed by atoms with E-state index in [0.717, 1.165) is 38.5 Å². The zero-order valence-corrected chi connectivity index (χ0v) is 25.7. The van der Waals surface area contributed by atoms with Crippen LogP contribution in [0.25, 0.3) is 11.1 Å². The molecule has 0 aliphatic heterocycles. The smallest absolute Gasteiger partial charge is 0.338 e. The molecule has 0 radical (unpaired) electrons. The molecule has 0 bridgehead atoms. The van der Waals surface area contributed by atoms with Crippen molar-refractivity contribution in [2.24, 2.45) is 0 Å². The Bertz CT molecular complexity index is 1400. The van der Waals surface area contributed by atoms with Crippen LogP contribution in [0.2, 0.25) is 0 Å². The molecule has 0 fully saturated rings. The summed E-state index contributed by atoms with van der Waals surface area (Å²) in [5.41, 5.74) is 9.50. The molecule has 0 saturated carbocycles. The third-order valence-corrected chi connectivity index (χ3v) is 7.26. The summed E-state index contributed by atoms with van der Waals surface area (Å²) in [4.78, 5) is 23.8. The minimum atomic E-state index is -0.461. The van der Waals surface area contributed by atoms with Gasteiger partial charge in [0.2, 0.25) is 0 Å². The number of carbonyl (C=O) groups excluding carboxylic acids is 2. The Hall–Kier alpha value is -4.00. The highest BCUT2D eigenvalue weighted by Gasteiger charge is 2.11. The Balaban J connectivity index is 1.58. The summed E-state index contributed by atoms with van der Waals surface area (Å²) in [6.07, 6.45) is 5.24. The second-order valence-corrected chi connectivity index (χ2v) is 10.6. The first-order chi connectivity index (χ1) is 20.7. The summed E-state index contributed by atoms with van der Waals surface area (Å²) in [6, 6.07) is 21.1. The molecule has 0 atom stereocenters. The molecule has 0 saturated heterocycles. The topological polar surface area (TPSA) is 82.1 Å². The van der Waals surface area contributed by atoms with Crippen LogP contribution in [0.3, 0.4) is 0 Å². The van der Waals surface area contributed by atoms with Crippen LogP contribution in [-0.2, 0) is 51.2 Å². The summed E-state index contributed by atoms with van der Waals surface area (Å²) < 4.78 is 15.7. The standard InChI is InChI=1S/C37H44O6/c1-6-30-24-33(16-15-32(30)14-10-28-11-17-34(18-12-28)43-36(39)26(3)4)35-19-13-29(23-31(35)7-2)9-8-21-42-37(40)27(5)25-41-22-20-38/h11-13,15-19,23-24,38H,3,5-10,14,20-22,25H2,1-2,4H3. The molecule has 6 nitrogen and oxygen atoms in total. The minimum Gasteiger partial charge on any atom is -0.462 e. The van der Waals surface area contributed by atoms with E-state index in [-0.39, 0.29) is 25.4 Å². The third-order valence-electron chi connectivity index (χ3n) is 7.26. The molecule has 3 aromatic rings. The Kier molecular flexibility index (Phi) is 13.4. The van der Waals surface area contributed by atoms with Crippen LogP contribution in [-0.4, -0.2) is 43.5 Å². The van der Waals surface area contributed by atoms with Crippen molar-refractivity contribution in [3.8, 4) is 16.9 Å². The van der Waals surface area contributed by atoms with E-state index in [9.17, 15) is 9.59 Å². The first kappa shape index (κ1) is 33.5. The van der Waals surface area contributed by atoms with Gasteiger partial charge in [-0.15, -0.1) is 0 Å².